The lowest BCUT2D eigenvalue weighted by molar-refractivity contribution is 0.476. The molecule has 0 aliphatic carbocycles. The minimum atomic E-state index is -0.116. The Kier molecular flexibility index (Phi) is 2.50. The average molecular weight is 275 g/mol. The van der Waals surface area contributed by atoms with Gasteiger partial charge < -0.3 is 9.67 Å². The van der Waals surface area contributed by atoms with Crippen LogP contribution in [0.2, 0.25) is 5.02 Å². The molecule has 0 aliphatic heterocycles. The molecule has 0 fully saturated rings. The molecule has 0 saturated carbocycles. The Morgan fingerprint density at radius 2 is 2.05 bits per heavy atom. The van der Waals surface area contributed by atoms with Gasteiger partial charge in [-0.2, -0.15) is 0 Å². The van der Waals surface area contributed by atoms with E-state index in [0.29, 0.717) is 16.6 Å². The fraction of sp³-hybridized carbons (Fsp3) is 0.143. The molecule has 96 valence electrons. The van der Waals surface area contributed by atoms with Gasteiger partial charge >= 0.3 is 0 Å². The quantitative estimate of drug-likeness (QED) is 0.641. The number of nitrogens with zero attached hydrogens (tertiary/aromatic N) is 2. The minimum absolute atomic E-state index is 0.00332. The van der Waals surface area contributed by atoms with Crippen molar-refractivity contribution >= 4 is 33.3 Å². The molecule has 0 spiro atoms. The second-order valence-electron chi connectivity index (χ2n) is 4.50. The van der Waals surface area contributed by atoms with Crippen LogP contribution in [0.1, 0.15) is 5.69 Å². The van der Waals surface area contributed by atoms with Crippen molar-refractivity contribution in [2.45, 2.75) is 6.92 Å². The van der Waals surface area contributed by atoms with Gasteiger partial charge in [0.15, 0.2) is 0 Å². The van der Waals surface area contributed by atoms with E-state index in [4.69, 9.17) is 11.6 Å². The van der Waals surface area contributed by atoms with E-state index < -0.39 is 0 Å². The fourth-order valence-corrected chi connectivity index (χ4v) is 2.54. The normalized spacial score (nSPS) is 11.3. The number of benzene rings is 1. The molecule has 0 aliphatic rings. The van der Waals surface area contributed by atoms with Gasteiger partial charge in [0.1, 0.15) is 5.75 Å². The molecule has 2 heterocycles. The summed E-state index contributed by atoms with van der Waals surface area (Å²) in [6, 6.07) is 4.96. The maximum Gasteiger partial charge on any atom is 0.260 e. The van der Waals surface area contributed by atoms with Crippen molar-refractivity contribution in [2.75, 3.05) is 0 Å². The van der Waals surface area contributed by atoms with Gasteiger partial charge in [0.05, 0.1) is 21.6 Å². The van der Waals surface area contributed by atoms with Gasteiger partial charge in [-0.1, -0.05) is 11.6 Å². The lowest BCUT2D eigenvalue weighted by atomic mass is 10.1. The number of hydrogen-bond donors (Lipinski definition) is 1. The lowest BCUT2D eigenvalue weighted by Crippen LogP contribution is -2.18. The highest BCUT2D eigenvalue weighted by Crippen LogP contribution is 2.32. The van der Waals surface area contributed by atoms with Gasteiger partial charge in [-0.05, 0) is 25.1 Å². The third-order valence-corrected chi connectivity index (χ3v) is 3.68. The van der Waals surface area contributed by atoms with Crippen LogP contribution < -0.4 is 5.56 Å². The molecule has 5 heteroatoms. The number of aromatic hydroxyl groups is 1. The highest BCUT2D eigenvalue weighted by atomic mass is 35.5. The molecule has 0 atom stereocenters. The van der Waals surface area contributed by atoms with Crippen LogP contribution in [-0.4, -0.2) is 14.7 Å². The zero-order valence-corrected chi connectivity index (χ0v) is 11.2. The summed E-state index contributed by atoms with van der Waals surface area (Å²) in [6.07, 6.45) is 1.65. The maximum absolute atomic E-state index is 12.4. The maximum atomic E-state index is 12.4. The van der Waals surface area contributed by atoms with Gasteiger partial charge in [0, 0.05) is 24.0 Å². The van der Waals surface area contributed by atoms with E-state index in [1.807, 2.05) is 0 Å². The van der Waals surface area contributed by atoms with Crippen molar-refractivity contribution < 1.29 is 5.11 Å². The van der Waals surface area contributed by atoms with E-state index >= 15 is 0 Å². The SMILES string of the molecule is Cc1nccc2c1c(=O)n(C)c1cc(Cl)c(O)cc21. The molecule has 4 nitrogen and oxygen atoms in total. The predicted octanol–water partition coefficient (Wildman–Crippen LogP) is 2.75. The Balaban J connectivity index is 2.72. The Morgan fingerprint density at radius 1 is 1.32 bits per heavy atom. The Labute approximate surface area is 113 Å². The van der Waals surface area contributed by atoms with Gasteiger partial charge in [-0.3, -0.25) is 9.78 Å². The number of hydrogen-bond acceptors (Lipinski definition) is 3. The van der Waals surface area contributed by atoms with Crippen LogP contribution in [0.15, 0.2) is 29.2 Å². The summed E-state index contributed by atoms with van der Waals surface area (Å²) in [5.74, 6) is 0.00332. The van der Waals surface area contributed by atoms with Gasteiger partial charge in [-0.25, -0.2) is 0 Å². The van der Waals surface area contributed by atoms with E-state index in [9.17, 15) is 9.90 Å². The molecule has 0 amide bonds. The number of aromatic nitrogens is 2. The average Bonchev–Trinajstić information content (AvgIpc) is 2.38. The summed E-state index contributed by atoms with van der Waals surface area (Å²) in [4.78, 5) is 16.5. The zero-order valence-electron chi connectivity index (χ0n) is 10.4. The molecule has 0 saturated heterocycles. The number of halogens is 1. The molecule has 0 unspecified atom stereocenters. The number of phenolic OH excluding ortho intramolecular Hbond substituents is 1. The molecule has 0 bridgehead atoms. The van der Waals surface area contributed by atoms with Crippen LogP contribution in [0.4, 0.5) is 0 Å². The summed E-state index contributed by atoms with van der Waals surface area (Å²) in [5.41, 5.74) is 1.25. The van der Waals surface area contributed by atoms with E-state index in [1.54, 1.807) is 38.4 Å². The molecule has 0 radical (unpaired) electrons. The van der Waals surface area contributed by atoms with Gasteiger partial charge in [0.25, 0.3) is 5.56 Å². The third kappa shape index (κ3) is 1.60. The van der Waals surface area contributed by atoms with Crippen molar-refractivity contribution in [1.82, 2.24) is 9.55 Å². The standard InChI is InChI=1S/C14H11ClN2O2/c1-7-13-8(3-4-16-7)9-5-12(18)10(15)6-11(9)17(2)14(13)19/h3-6,18H,1-2H3. The molecule has 19 heavy (non-hydrogen) atoms. The van der Waals surface area contributed by atoms with Crippen LogP contribution >= 0.6 is 11.6 Å². The lowest BCUT2D eigenvalue weighted by Gasteiger charge is -2.11. The summed E-state index contributed by atoms with van der Waals surface area (Å²) < 4.78 is 1.53. The molecule has 2 aromatic heterocycles. The van der Waals surface area contributed by atoms with E-state index in [2.05, 4.69) is 4.98 Å². The predicted molar refractivity (Wildman–Crippen MR) is 75.9 cm³/mol. The Bertz CT molecular complexity index is 884. The number of fused-ring (bicyclic) bond motifs is 3. The van der Waals surface area contributed by atoms with E-state index in [0.717, 1.165) is 10.8 Å². The fourth-order valence-electron chi connectivity index (χ4n) is 2.38. The summed E-state index contributed by atoms with van der Waals surface area (Å²) in [5, 5.41) is 12.1. The smallest absolute Gasteiger partial charge is 0.260 e. The van der Waals surface area contributed by atoms with E-state index in [-0.39, 0.29) is 16.3 Å². The van der Waals surface area contributed by atoms with Crippen LogP contribution in [-0.2, 0) is 7.05 Å². The van der Waals surface area contributed by atoms with Gasteiger partial charge in [-0.15, -0.1) is 0 Å². The molecule has 1 N–H and O–H groups in total. The largest absolute Gasteiger partial charge is 0.506 e. The highest BCUT2D eigenvalue weighted by molar-refractivity contribution is 6.33. The zero-order chi connectivity index (χ0) is 13.7. The van der Waals surface area contributed by atoms with Crippen LogP contribution in [0.25, 0.3) is 21.7 Å². The highest BCUT2D eigenvalue weighted by Gasteiger charge is 2.13. The first kappa shape index (κ1) is 12.0. The Hall–Kier alpha value is -2.07. The number of pyridine rings is 2. The summed E-state index contributed by atoms with van der Waals surface area (Å²) >= 11 is 5.92. The first-order chi connectivity index (χ1) is 9.00. The van der Waals surface area contributed by atoms with Crippen molar-refractivity contribution in [3.63, 3.8) is 0 Å². The molecular weight excluding hydrogens is 264 g/mol. The van der Waals surface area contributed by atoms with Crippen LogP contribution in [0.5, 0.6) is 5.75 Å². The monoisotopic (exact) mass is 274 g/mol. The first-order valence-corrected chi connectivity index (χ1v) is 6.15. The van der Waals surface area contributed by atoms with Crippen LogP contribution in [0, 0.1) is 6.92 Å². The van der Waals surface area contributed by atoms with Crippen molar-refractivity contribution in [3.8, 4) is 5.75 Å². The number of aryl methyl sites for hydroxylation is 2. The second kappa shape index (κ2) is 3.96. The topological polar surface area (TPSA) is 55.1 Å². The van der Waals surface area contributed by atoms with Crippen molar-refractivity contribution in [1.29, 1.82) is 0 Å². The van der Waals surface area contributed by atoms with Gasteiger partial charge in [0.2, 0.25) is 0 Å². The van der Waals surface area contributed by atoms with Crippen molar-refractivity contribution in [2.24, 2.45) is 7.05 Å². The minimum Gasteiger partial charge on any atom is -0.506 e. The molecule has 3 rings (SSSR count). The van der Waals surface area contributed by atoms with E-state index in [1.165, 1.54) is 4.57 Å². The summed E-state index contributed by atoms with van der Waals surface area (Å²) in [7, 11) is 1.68. The molecule has 1 aromatic carbocycles. The second-order valence-corrected chi connectivity index (χ2v) is 4.91. The van der Waals surface area contributed by atoms with Crippen LogP contribution in [0.3, 0.4) is 0 Å². The number of rotatable bonds is 0. The number of phenols is 1. The third-order valence-electron chi connectivity index (χ3n) is 3.38. The summed E-state index contributed by atoms with van der Waals surface area (Å²) in [6.45, 7) is 1.80. The Morgan fingerprint density at radius 3 is 2.79 bits per heavy atom. The molecule has 3 aromatic rings. The van der Waals surface area contributed by atoms with Crippen molar-refractivity contribution in [3.05, 3.63) is 45.5 Å². The first-order valence-electron chi connectivity index (χ1n) is 5.77. The molecular formula is C14H11ClN2O2.